The van der Waals surface area contributed by atoms with Gasteiger partial charge >= 0.3 is 0 Å². The van der Waals surface area contributed by atoms with Gasteiger partial charge in [-0.3, -0.25) is 4.79 Å². The van der Waals surface area contributed by atoms with Crippen LogP contribution in [-0.4, -0.2) is 17.2 Å². The summed E-state index contributed by atoms with van der Waals surface area (Å²) < 4.78 is 7.42. The van der Waals surface area contributed by atoms with Gasteiger partial charge < -0.3 is 20.4 Å². The van der Waals surface area contributed by atoms with Gasteiger partial charge in [0.25, 0.3) is 5.56 Å². The van der Waals surface area contributed by atoms with E-state index in [1.807, 2.05) is 18.2 Å². The molecule has 2 heterocycles. The van der Waals surface area contributed by atoms with Gasteiger partial charge in [0.2, 0.25) is 0 Å². The van der Waals surface area contributed by atoms with Crippen LogP contribution in [0.2, 0.25) is 0 Å². The van der Waals surface area contributed by atoms with Crippen molar-refractivity contribution in [2.75, 3.05) is 17.7 Å². The molecule has 21 heavy (non-hydrogen) atoms. The standard InChI is InChI=1S/C16H19N3O2/c1-19-14-5-4-10(17)6-11(14)15-12(16(19)20)7-21-8-13(18-15)9-2-3-9/h4-6,9,13,18H,2-3,7-8,17H2,1H3/t13-/m1/s1. The average Bonchev–Trinajstić information content (AvgIpc) is 3.29. The van der Waals surface area contributed by atoms with Crippen molar-refractivity contribution in [1.82, 2.24) is 4.57 Å². The Kier molecular flexibility index (Phi) is 2.72. The minimum Gasteiger partial charge on any atom is -0.399 e. The number of nitrogens with one attached hydrogen (secondary N) is 1. The summed E-state index contributed by atoms with van der Waals surface area (Å²) in [5.74, 6) is 0.663. The highest BCUT2D eigenvalue weighted by Gasteiger charge is 2.34. The van der Waals surface area contributed by atoms with Gasteiger partial charge in [0.1, 0.15) is 0 Å². The molecule has 0 spiro atoms. The third-order valence-electron chi connectivity index (χ3n) is 4.58. The van der Waals surface area contributed by atoms with Gasteiger partial charge in [-0.05, 0) is 37.0 Å². The number of aryl methyl sites for hydroxylation is 1. The topological polar surface area (TPSA) is 69.3 Å². The molecule has 0 bridgehead atoms. The molecule has 2 aliphatic rings. The van der Waals surface area contributed by atoms with Crippen molar-refractivity contribution in [3.63, 3.8) is 0 Å². The van der Waals surface area contributed by atoms with E-state index < -0.39 is 0 Å². The second-order valence-electron chi connectivity index (χ2n) is 6.10. The Bertz CT molecular complexity index is 777. The third kappa shape index (κ3) is 2.00. The highest BCUT2D eigenvalue weighted by atomic mass is 16.5. The summed E-state index contributed by atoms with van der Waals surface area (Å²) >= 11 is 0. The van der Waals surface area contributed by atoms with Crippen LogP contribution >= 0.6 is 0 Å². The molecule has 1 aromatic heterocycles. The summed E-state index contributed by atoms with van der Waals surface area (Å²) in [5.41, 5.74) is 9.18. The lowest BCUT2D eigenvalue weighted by Gasteiger charge is -2.19. The molecule has 1 saturated carbocycles. The Morgan fingerprint density at radius 1 is 1.38 bits per heavy atom. The van der Waals surface area contributed by atoms with E-state index in [1.54, 1.807) is 11.6 Å². The molecule has 1 aliphatic heterocycles. The van der Waals surface area contributed by atoms with Crippen molar-refractivity contribution in [2.45, 2.75) is 25.5 Å². The zero-order valence-electron chi connectivity index (χ0n) is 12.1. The minimum absolute atomic E-state index is 0.00576. The molecular weight excluding hydrogens is 266 g/mol. The molecule has 0 radical (unpaired) electrons. The predicted molar refractivity (Wildman–Crippen MR) is 83.4 cm³/mol. The number of nitrogens with two attached hydrogens (primary N) is 1. The van der Waals surface area contributed by atoms with E-state index >= 15 is 0 Å². The highest BCUT2D eigenvalue weighted by molar-refractivity contribution is 5.95. The molecule has 4 rings (SSSR count). The van der Waals surface area contributed by atoms with Crippen LogP contribution in [0.5, 0.6) is 0 Å². The van der Waals surface area contributed by atoms with Gasteiger partial charge in [0.15, 0.2) is 0 Å². The first kappa shape index (κ1) is 12.7. The Hall–Kier alpha value is -2.01. The molecule has 1 fully saturated rings. The van der Waals surface area contributed by atoms with E-state index in [0.717, 1.165) is 16.6 Å². The molecule has 0 amide bonds. The number of nitrogens with zero attached hydrogens (tertiary/aromatic N) is 1. The van der Waals surface area contributed by atoms with Crippen LogP contribution in [0, 0.1) is 5.92 Å². The number of anilines is 2. The van der Waals surface area contributed by atoms with Crippen molar-refractivity contribution < 1.29 is 4.74 Å². The Balaban J connectivity index is 1.98. The van der Waals surface area contributed by atoms with Crippen LogP contribution in [0.1, 0.15) is 18.4 Å². The van der Waals surface area contributed by atoms with Crippen molar-refractivity contribution in [3.8, 4) is 0 Å². The lowest BCUT2D eigenvalue weighted by atomic mass is 10.1. The second-order valence-corrected chi connectivity index (χ2v) is 6.10. The van der Waals surface area contributed by atoms with E-state index in [1.165, 1.54) is 12.8 Å². The van der Waals surface area contributed by atoms with Crippen molar-refractivity contribution in [2.24, 2.45) is 13.0 Å². The largest absolute Gasteiger partial charge is 0.399 e. The normalized spacial score (nSPS) is 21.7. The fraction of sp³-hybridized carbons (Fsp3) is 0.438. The number of pyridine rings is 1. The van der Waals surface area contributed by atoms with Gasteiger partial charge in [0, 0.05) is 18.1 Å². The van der Waals surface area contributed by atoms with E-state index in [9.17, 15) is 4.79 Å². The summed E-state index contributed by atoms with van der Waals surface area (Å²) in [4.78, 5) is 12.6. The number of aromatic nitrogens is 1. The maximum Gasteiger partial charge on any atom is 0.258 e. The quantitative estimate of drug-likeness (QED) is 0.784. The molecule has 5 nitrogen and oxygen atoms in total. The zero-order chi connectivity index (χ0) is 14.6. The lowest BCUT2D eigenvalue weighted by molar-refractivity contribution is 0.112. The number of hydrogen-bond acceptors (Lipinski definition) is 4. The maximum atomic E-state index is 12.6. The van der Waals surface area contributed by atoms with E-state index in [2.05, 4.69) is 5.32 Å². The number of nitrogen functional groups attached to an aromatic ring is 1. The van der Waals surface area contributed by atoms with Gasteiger partial charge in [-0.2, -0.15) is 0 Å². The van der Waals surface area contributed by atoms with E-state index in [-0.39, 0.29) is 5.56 Å². The highest BCUT2D eigenvalue weighted by Crippen LogP contribution is 2.38. The lowest BCUT2D eigenvalue weighted by Crippen LogP contribution is -2.27. The van der Waals surface area contributed by atoms with Crippen molar-refractivity contribution >= 4 is 22.3 Å². The number of rotatable bonds is 1. The summed E-state index contributed by atoms with van der Waals surface area (Å²) in [7, 11) is 1.80. The van der Waals surface area contributed by atoms with Crippen LogP contribution in [0.15, 0.2) is 23.0 Å². The second kappa shape index (κ2) is 4.49. The van der Waals surface area contributed by atoms with Crippen LogP contribution in [0.3, 0.4) is 0 Å². The first-order valence-corrected chi connectivity index (χ1v) is 7.40. The van der Waals surface area contributed by atoms with Gasteiger partial charge in [-0.15, -0.1) is 0 Å². The molecule has 0 unspecified atom stereocenters. The number of hydrogen-bond donors (Lipinski definition) is 2. The Morgan fingerprint density at radius 2 is 2.19 bits per heavy atom. The molecule has 1 atom stereocenters. The SMILES string of the molecule is Cn1c(=O)c2c(c3cc(N)ccc31)N[C@@H](C1CC1)COC2. The Labute approximate surface area is 122 Å². The smallest absolute Gasteiger partial charge is 0.258 e. The molecule has 5 heteroatoms. The van der Waals surface area contributed by atoms with Crippen molar-refractivity contribution in [3.05, 3.63) is 34.1 Å². The summed E-state index contributed by atoms with van der Waals surface area (Å²) in [5, 5.41) is 4.57. The fourth-order valence-electron chi connectivity index (χ4n) is 3.19. The van der Waals surface area contributed by atoms with Gasteiger partial charge in [-0.25, -0.2) is 0 Å². The maximum absolute atomic E-state index is 12.6. The molecule has 2 aromatic rings. The molecular formula is C16H19N3O2. The van der Waals surface area contributed by atoms with Crippen LogP contribution in [0.25, 0.3) is 10.9 Å². The fourth-order valence-corrected chi connectivity index (χ4v) is 3.19. The predicted octanol–water partition coefficient (Wildman–Crippen LogP) is 1.84. The summed E-state index contributed by atoms with van der Waals surface area (Å²) in [6, 6.07) is 5.98. The summed E-state index contributed by atoms with van der Waals surface area (Å²) in [6.45, 7) is 1.02. The van der Waals surface area contributed by atoms with Crippen molar-refractivity contribution in [1.29, 1.82) is 0 Å². The Morgan fingerprint density at radius 3 is 2.95 bits per heavy atom. The average molecular weight is 285 g/mol. The first-order chi connectivity index (χ1) is 10.1. The van der Waals surface area contributed by atoms with E-state index in [4.69, 9.17) is 10.5 Å². The van der Waals surface area contributed by atoms with Crippen LogP contribution in [0.4, 0.5) is 11.4 Å². The van der Waals surface area contributed by atoms with Crippen LogP contribution in [-0.2, 0) is 18.4 Å². The van der Waals surface area contributed by atoms with E-state index in [0.29, 0.717) is 36.4 Å². The number of ether oxygens (including phenoxy) is 1. The summed E-state index contributed by atoms with van der Waals surface area (Å²) in [6.07, 6.45) is 2.47. The van der Waals surface area contributed by atoms with Gasteiger partial charge in [-0.1, -0.05) is 0 Å². The molecule has 1 aliphatic carbocycles. The molecule has 0 saturated heterocycles. The molecule has 3 N–H and O–H groups in total. The molecule has 1 aromatic carbocycles. The number of benzene rings is 1. The monoisotopic (exact) mass is 285 g/mol. The minimum atomic E-state index is 0.00576. The molecule has 110 valence electrons. The number of fused-ring (bicyclic) bond motifs is 3. The van der Waals surface area contributed by atoms with Crippen LogP contribution < -0.4 is 16.6 Å². The third-order valence-corrected chi connectivity index (χ3v) is 4.58. The van der Waals surface area contributed by atoms with Gasteiger partial charge in [0.05, 0.1) is 36.0 Å². The first-order valence-electron chi connectivity index (χ1n) is 7.40. The zero-order valence-corrected chi connectivity index (χ0v) is 12.1.